The van der Waals surface area contributed by atoms with E-state index in [4.69, 9.17) is 22.9 Å². The molecule has 0 unspecified atom stereocenters. The molecule has 0 radical (unpaired) electrons. The predicted octanol–water partition coefficient (Wildman–Crippen LogP) is 3.90. The van der Waals surface area contributed by atoms with Gasteiger partial charge in [0, 0.05) is 18.7 Å². The van der Waals surface area contributed by atoms with Gasteiger partial charge >= 0.3 is 13.6 Å². The van der Waals surface area contributed by atoms with Crippen molar-refractivity contribution in [1.29, 1.82) is 0 Å². The van der Waals surface area contributed by atoms with Gasteiger partial charge in [-0.15, -0.1) is 0 Å². The van der Waals surface area contributed by atoms with Crippen LogP contribution in [0.1, 0.15) is 37.9 Å². The first kappa shape index (κ1) is 20.6. The molecule has 0 aliphatic rings. The molecule has 0 saturated carbocycles. The van der Waals surface area contributed by atoms with Crippen molar-refractivity contribution in [2.75, 3.05) is 26.9 Å². The topological polar surface area (TPSA) is 84.2 Å². The largest absolute Gasteiger partial charge is 0.463 e. The molecular formula is C16H25O7P. The summed E-state index contributed by atoms with van der Waals surface area (Å²) in [5, 5.41) is 0.0371. The summed E-state index contributed by atoms with van der Waals surface area (Å²) in [6.07, 6.45) is 1.10. The number of esters is 1. The van der Waals surface area contributed by atoms with Crippen molar-refractivity contribution in [2.24, 2.45) is 0 Å². The summed E-state index contributed by atoms with van der Waals surface area (Å²) in [5.41, 5.74) is 0.779. The maximum atomic E-state index is 13.1. The molecule has 0 bridgehead atoms. The van der Waals surface area contributed by atoms with E-state index in [-0.39, 0.29) is 30.9 Å². The highest BCUT2D eigenvalue weighted by Crippen LogP contribution is 2.60. The van der Waals surface area contributed by atoms with E-state index in [1.165, 1.54) is 0 Å². The van der Waals surface area contributed by atoms with Crippen LogP contribution in [0.15, 0.2) is 16.6 Å². The first-order valence-electron chi connectivity index (χ1n) is 7.78. The van der Waals surface area contributed by atoms with Crippen LogP contribution in [0.2, 0.25) is 0 Å². The van der Waals surface area contributed by atoms with E-state index in [1.807, 2.05) is 0 Å². The van der Waals surface area contributed by atoms with Crippen LogP contribution in [0.3, 0.4) is 0 Å². The van der Waals surface area contributed by atoms with Gasteiger partial charge in [-0.05, 0) is 33.8 Å². The molecule has 1 rings (SSSR count). The molecule has 0 spiro atoms. The van der Waals surface area contributed by atoms with E-state index < -0.39 is 13.6 Å². The molecule has 8 heteroatoms. The highest BCUT2D eigenvalue weighted by atomic mass is 31.2. The number of aryl methyl sites for hydroxylation is 1. The predicted molar refractivity (Wildman–Crippen MR) is 89.6 cm³/mol. The molecule has 0 aromatic carbocycles. The van der Waals surface area contributed by atoms with Crippen LogP contribution in [-0.2, 0) is 34.5 Å². The van der Waals surface area contributed by atoms with Gasteiger partial charge in [0.2, 0.25) is 0 Å². The van der Waals surface area contributed by atoms with Gasteiger partial charge in [-0.1, -0.05) is 0 Å². The van der Waals surface area contributed by atoms with Crippen LogP contribution in [0.25, 0.3) is 5.31 Å². The number of hydrogen-bond acceptors (Lipinski definition) is 7. The Bertz CT molecular complexity index is 608. The van der Waals surface area contributed by atoms with Gasteiger partial charge in [0.15, 0.2) is 0 Å². The zero-order valence-electron chi connectivity index (χ0n) is 14.8. The number of rotatable bonds is 10. The minimum Gasteiger partial charge on any atom is -0.463 e. The van der Waals surface area contributed by atoms with Gasteiger partial charge in [-0.2, -0.15) is 0 Å². The third-order valence-electron chi connectivity index (χ3n) is 3.01. The molecule has 1 aromatic rings. The van der Waals surface area contributed by atoms with Crippen LogP contribution in [-0.4, -0.2) is 32.9 Å². The van der Waals surface area contributed by atoms with E-state index in [2.05, 4.69) is 0 Å². The van der Waals surface area contributed by atoms with Crippen molar-refractivity contribution in [2.45, 2.75) is 34.3 Å². The molecule has 0 amide bonds. The Kier molecular flexibility index (Phi) is 8.42. The molecule has 7 nitrogen and oxygen atoms in total. The molecule has 24 heavy (non-hydrogen) atoms. The van der Waals surface area contributed by atoms with Crippen molar-refractivity contribution >= 4 is 18.9 Å². The molecule has 1 aromatic heterocycles. The molecule has 0 N–H and O–H groups in total. The number of furan rings is 1. The fourth-order valence-electron chi connectivity index (χ4n) is 2.04. The fraction of sp³-hybridized carbons (Fsp3) is 0.562. The molecule has 0 aliphatic carbocycles. The van der Waals surface area contributed by atoms with Crippen molar-refractivity contribution in [3.8, 4) is 0 Å². The van der Waals surface area contributed by atoms with E-state index in [0.717, 1.165) is 11.6 Å². The van der Waals surface area contributed by atoms with Crippen LogP contribution >= 0.6 is 7.60 Å². The van der Waals surface area contributed by atoms with Gasteiger partial charge in [0.25, 0.3) is 0 Å². The van der Waals surface area contributed by atoms with E-state index in [9.17, 15) is 9.36 Å². The molecule has 1 heterocycles. The normalized spacial score (nSPS) is 12.5. The summed E-state index contributed by atoms with van der Waals surface area (Å²) >= 11 is 0. The number of methoxy groups -OCH3 is 1. The zero-order chi connectivity index (χ0) is 18.2. The monoisotopic (exact) mass is 360 g/mol. The standard InChI is InChI=1S/C16H25O7P/c1-6-20-16(17)10-15(24(18,21-7-2)22-8-3)14-9-13(11-19-5)12(4)23-14/h9-10H,6-8,11H2,1-5H3. The van der Waals surface area contributed by atoms with Crippen molar-refractivity contribution in [3.05, 3.63) is 29.2 Å². The van der Waals surface area contributed by atoms with Crippen LogP contribution in [0.4, 0.5) is 0 Å². The lowest BCUT2D eigenvalue weighted by atomic mass is 10.2. The van der Waals surface area contributed by atoms with Crippen molar-refractivity contribution in [1.82, 2.24) is 0 Å². The number of carbonyl (C=O) groups excluding carboxylic acids is 1. The summed E-state index contributed by atoms with van der Waals surface area (Å²) < 4.78 is 39.5. The smallest absolute Gasteiger partial charge is 0.365 e. The highest BCUT2D eigenvalue weighted by molar-refractivity contribution is 7.65. The molecule has 136 valence electrons. The quantitative estimate of drug-likeness (QED) is 0.355. The third-order valence-corrected chi connectivity index (χ3v) is 5.14. The minimum atomic E-state index is -3.73. The van der Waals surface area contributed by atoms with Gasteiger partial charge < -0.3 is 22.9 Å². The minimum absolute atomic E-state index is 0.0371. The molecule has 0 saturated heterocycles. The summed E-state index contributed by atoms with van der Waals surface area (Å²) in [5.74, 6) is 0.188. The second kappa shape index (κ2) is 9.79. The first-order valence-corrected chi connectivity index (χ1v) is 9.32. The zero-order valence-corrected chi connectivity index (χ0v) is 15.7. The van der Waals surface area contributed by atoms with E-state index in [1.54, 1.807) is 40.9 Å². The Morgan fingerprint density at radius 1 is 1.21 bits per heavy atom. The average molecular weight is 360 g/mol. The lowest BCUT2D eigenvalue weighted by Crippen LogP contribution is -2.04. The van der Waals surface area contributed by atoms with Crippen LogP contribution in [0, 0.1) is 6.92 Å². The SMILES string of the molecule is CCOC(=O)C=C(c1cc(COC)c(C)o1)P(=O)(OCC)OCC. The summed E-state index contributed by atoms with van der Waals surface area (Å²) in [4.78, 5) is 11.9. The van der Waals surface area contributed by atoms with E-state index >= 15 is 0 Å². The average Bonchev–Trinajstić information content (AvgIpc) is 2.87. The molecule has 0 fully saturated rings. The van der Waals surface area contributed by atoms with E-state index in [0.29, 0.717) is 12.4 Å². The Morgan fingerprint density at radius 3 is 2.33 bits per heavy atom. The van der Waals surface area contributed by atoms with Gasteiger partial charge in [-0.3, -0.25) is 4.57 Å². The summed E-state index contributed by atoms with van der Waals surface area (Å²) in [6.45, 7) is 7.66. The van der Waals surface area contributed by atoms with Crippen LogP contribution in [0.5, 0.6) is 0 Å². The Balaban J connectivity index is 3.40. The van der Waals surface area contributed by atoms with Crippen LogP contribution < -0.4 is 0 Å². The molecule has 0 atom stereocenters. The maximum absolute atomic E-state index is 13.1. The lowest BCUT2D eigenvalue weighted by Gasteiger charge is -2.18. The second-order valence-electron chi connectivity index (χ2n) is 4.74. The Labute approximate surface area is 142 Å². The number of ether oxygens (including phenoxy) is 2. The third kappa shape index (κ3) is 5.31. The van der Waals surface area contributed by atoms with Gasteiger partial charge in [0.05, 0.1) is 26.4 Å². The lowest BCUT2D eigenvalue weighted by molar-refractivity contribution is -0.137. The second-order valence-corrected chi connectivity index (χ2v) is 6.73. The number of hydrogen-bond donors (Lipinski definition) is 0. The Hall–Kier alpha value is -1.40. The Morgan fingerprint density at radius 2 is 1.83 bits per heavy atom. The van der Waals surface area contributed by atoms with Crippen molar-refractivity contribution in [3.63, 3.8) is 0 Å². The molecule has 0 aliphatic heterocycles. The van der Waals surface area contributed by atoms with Gasteiger partial charge in [-0.25, -0.2) is 4.79 Å². The van der Waals surface area contributed by atoms with Crippen molar-refractivity contribution < 1.29 is 32.3 Å². The fourth-order valence-corrected chi connectivity index (χ4v) is 3.72. The molecular weight excluding hydrogens is 335 g/mol. The number of carbonyl (C=O) groups is 1. The van der Waals surface area contributed by atoms with Gasteiger partial charge in [0.1, 0.15) is 16.8 Å². The maximum Gasteiger partial charge on any atom is 0.365 e. The first-order chi connectivity index (χ1) is 11.4. The summed E-state index contributed by atoms with van der Waals surface area (Å²) in [7, 11) is -2.17. The summed E-state index contributed by atoms with van der Waals surface area (Å²) in [6, 6.07) is 1.66. The highest BCUT2D eigenvalue weighted by Gasteiger charge is 2.34.